The lowest BCUT2D eigenvalue weighted by molar-refractivity contribution is 0.392. The summed E-state index contributed by atoms with van der Waals surface area (Å²) < 4.78 is 0. The van der Waals surface area contributed by atoms with Gasteiger partial charge in [0.25, 0.3) is 0 Å². The summed E-state index contributed by atoms with van der Waals surface area (Å²) in [6.07, 6.45) is 0. The molecule has 1 heterocycles. The molecule has 1 aromatic rings. The quantitative estimate of drug-likeness (QED) is 0.887. The summed E-state index contributed by atoms with van der Waals surface area (Å²) in [5, 5.41) is 11.3. The van der Waals surface area contributed by atoms with Gasteiger partial charge < -0.3 is 10.2 Å². The van der Waals surface area contributed by atoms with E-state index >= 15 is 0 Å². The van der Waals surface area contributed by atoms with Crippen LogP contribution in [0.3, 0.4) is 0 Å². The molecule has 0 aliphatic rings. The van der Waals surface area contributed by atoms with E-state index < -0.39 is 0 Å². The number of likely N-dealkylation sites (N-methyl/N-ethyl adjacent to an activating group) is 1. The standard InChI is InChI=1S/C9H14Cl2N4/c1-6(5-15(2)3)12-7-4-8(10)13-14-9(7)11/h4,6H,5H2,1-3H3,(H,12,13). The van der Waals surface area contributed by atoms with E-state index in [0.717, 1.165) is 6.54 Å². The van der Waals surface area contributed by atoms with E-state index in [9.17, 15) is 0 Å². The molecular weight excluding hydrogens is 235 g/mol. The van der Waals surface area contributed by atoms with Crippen LogP contribution in [-0.2, 0) is 0 Å². The van der Waals surface area contributed by atoms with Gasteiger partial charge in [-0.3, -0.25) is 0 Å². The molecule has 1 rings (SSSR count). The van der Waals surface area contributed by atoms with Crippen molar-refractivity contribution in [2.45, 2.75) is 13.0 Å². The molecule has 0 radical (unpaired) electrons. The van der Waals surface area contributed by atoms with Crippen LogP contribution in [0.1, 0.15) is 6.92 Å². The van der Waals surface area contributed by atoms with Gasteiger partial charge in [-0.2, -0.15) is 0 Å². The molecule has 0 amide bonds. The molecule has 1 aromatic heterocycles. The van der Waals surface area contributed by atoms with Crippen LogP contribution in [0.2, 0.25) is 10.3 Å². The molecule has 0 aromatic carbocycles. The van der Waals surface area contributed by atoms with Gasteiger partial charge in [-0.05, 0) is 21.0 Å². The van der Waals surface area contributed by atoms with Crippen LogP contribution >= 0.6 is 23.2 Å². The van der Waals surface area contributed by atoms with Gasteiger partial charge in [0.1, 0.15) is 0 Å². The van der Waals surface area contributed by atoms with Gasteiger partial charge in [-0.15, -0.1) is 10.2 Å². The monoisotopic (exact) mass is 248 g/mol. The summed E-state index contributed by atoms with van der Waals surface area (Å²) in [7, 11) is 4.02. The average molecular weight is 249 g/mol. The molecule has 0 saturated heterocycles. The normalized spacial score (nSPS) is 12.9. The topological polar surface area (TPSA) is 41.0 Å². The fraction of sp³-hybridized carbons (Fsp3) is 0.556. The van der Waals surface area contributed by atoms with E-state index in [2.05, 4.69) is 27.3 Å². The molecule has 84 valence electrons. The van der Waals surface area contributed by atoms with Crippen LogP contribution in [-0.4, -0.2) is 41.8 Å². The molecule has 15 heavy (non-hydrogen) atoms. The number of rotatable bonds is 4. The van der Waals surface area contributed by atoms with Gasteiger partial charge in [0, 0.05) is 18.7 Å². The largest absolute Gasteiger partial charge is 0.379 e. The zero-order valence-electron chi connectivity index (χ0n) is 8.96. The zero-order valence-corrected chi connectivity index (χ0v) is 10.5. The lowest BCUT2D eigenvalue weighted by atomic mass is 10.3. The van der Waals surface area contributed by atoms with E-state index in [4.69, 9.17) is 23.2 Å². The van der Waals surface area contributed by atoms with Crippen molar-refractivity contribution in [3.05, 3.63) is 16.4 Å². The minimum absolute atomic E-state index is 0.262. The number of hydrogen-bond donors (Lipinski definition) is 1. The Hall–Kier alpha value is -0.580. The van der Waals surface area contributed by atoms with Crippen molar-refractivity contribution in [3.8, 4) is 0 Å². The third kappa shape index (κ3) is 4.20. The van der Waals surface area contributed by atoms with Crippen molar-refractivity contribution in [1.29, 1.82) is 0 Å². The van der Waals surface area contributed by atoms with E-state index in [1.54, 1.807) is 6.07 Å². The first kappa shape index (κ1) is 12.5. The molecule has 0 aliphatic carbocycles. The Kier molecular flexibility index (Phi) is 4.57. The number of anilines is 1. The number of halogens is 2. The van der Waals surface area contributed by atoms with E-state index in [1.165, 1.54) is 0 Å². The predicted molar refractivity (Wildman–Crippen MR) is 63.7 cm³/mol. The molecule has 0 saturated carbocycles. The Morgan fingerprint density at radius 2 is 2.07 bits per heavy atom. The van der Waals surface area contributed by atoms with Crippen LogP contribution in [0, 0.1) is 0 Å². The molecule has 1 atom stereocenters. The Balaban J connectivity index is 2.67. The lowest BCUT2D eigenvalue weighted by Gasteiger charge is -2.19. The van der Waals surface area contributed by atoms with Gasteiger partial charge in [-0.25, -0.2) is 0 Å². The summed E-state index contributed by atoms with van der Waals surface area (Å²) in [6, 6.07) is 1.93. The fourth-order valence-corrected chi connectivity index (χ4v) is 1.61. The van der Waals surface area contributed by atoms with Gasteiger partial charge in [0.2, 0.25) is 0 Å². The number of hydrogen-bond acceptors (Lipinski definition) is 4. The van der Waals surface area contributed by atoms with Gasteiger partial charge in [0.05, 0.1) is 5.69 Å². The molecular formula is C9H14Cl2N4. The molecule has 6 heteroatoms. The summed E-state index contributed by atoms with van der Waals surface area (Å²) in [4.78, 5) is 2.09. The highest BCUT2D eigenvalue weighted by atomic mass is 35.5. The Morgan fingerprint density at radius 1 is 1.40 bits per heavy atom. The van der Waals surface area contributed by atoms with Crippen molar-refractivity contribution in [2.24, 2.45) is 0 Å². The fourth-order valence-electron chi connectivity index (χ4n) is 1.31. The van der Waals surface area contributed by atoms with Crippen LogP contribution < -0.4 is 5.32 Å². The first-order chi connectivity index (χ1) is 6.99. The third-order valence-corrected chi connectivity index (χ3v) is 2.22. The number of nitrogens with zero attached hydrogens (tertiary/aromatic N) is 3. The van der Waals surface area contributed by atoms with Crippen LogP contribution in [0.25, 0.3) is 0 Å². The molecule has 4 nitrogen and oxygen atoms in total. The maximum Gasteiger partial charge on any atom is 0.174 e. The van der Waals surface area contributed by atoms with Crippen molar-refractivity contribution < 1.29 is 0 Å². The Labute approximate surface area is 99.6 Å². The van der Waals surface area contributed by atoms with E-state index in [-0.39, 0.29) is 6.04 Å². The molecule has 0 fully saturated rings. The van der Waals surface area contributed by atoms with E-state index in [1.807, 2.05) is 14.1 Å². The van der Waals surface area contributed by atoms with Gasteiger partial charge in [0.15, 0.2) is 10.3 Å². The van der Waals surface area contributed by atoms with Crippen LogP contribution in [0.4, 0.5) is 5.69 Å². The lowest BCUT2D eigenvalue weighted by Crippen LogP contribution is -2.29. The SMILES string of the molecule is CC(CN(C)C)Nc1cc(Cl)nnc1Cl. The summed E-state index contributed by atoms with van der Waals surface area (Å²) >= 11 is 11.6. The maximum absolute atomic E-state index is 5.87. The smallest absolute Gasteiger partial charge is 0.174 e. The second-order valence-corrected chi connectivity index (χ2v) is 4.42. The summed E-state index contributed by atoms with van der Waals surface area (Å²) in [6.45, 7) is 2.96. The molecule has 1 unspecified atom stereocenters. The molecule has 0 spiro atoms. The van der Waals surface area contributed by atoms with Crippen LogP contribution in [0.5, 0.6) is 0 Å². The van der Waals surface area contributed by atoms with Crippen molar-refractivity contribution in [1.82, 2.24) is 15.1 Å². The molecule has 0 aliphatic heterocycles. The highest BCUT2D eigenvalue weighted by Crippen LogP contribution is 2.21. The molecule has 0 bridgehead atoms. The van der Waals surface area contributed by atoms with Gasteiger partial charge in [-0.1, -0.05) is 23.2 Å². The second-order valence-electron chi connectivity index (χ2n) is 3.68. The average Bonchev–Trinajstić information content (AvgIpc) is 2.10. The zero-order chi connectivity index (χ0) is 11.4. The van der Waals surface area contributed by atoms with Crippen molar-refractivity contribution in [2.75, 3.05) is 26.0 Å². The minimum Gasteiger partial charge on any atom is -0.379 e. The number of aromatic nitrogens is 2. The highest BCUT2D eigenvalue weighted by Gasteiger charge is 2.08. The first-order valence-corrected chi connectivity index (χ1v) is 5.34. The van der Waals surface area contributed by atoms with Crippen molar-refractivity contribution >= 4 is 28.9 Å². The van der Waals surface area contributed by atoms with Crippen LogP contribution in [0.15, 0.2) is 6.07 Å². The minimum atomic E-state index is 0.262. The third-order valence-electron chi connectivity index (χ3n) is 1.76. The summed E-state index contributed by atoms with van der Waals surface area (Å²) in [5.41, 5.74) is 0.714. The maximum atomic E-state index is 5.87. The Morgan fingerprint density at radius 3 is 2.67 bits per heavy atom. The second kappa shape index (κ2) is 5.49. The van der Waals surface area contributed by atoms with E-state index in [0.29, 0.717) is 16.0 Å². The van der Waals surface area contributed by atoms with Gasteiger partial charge >= 0.3 is 0 Å². The predicted octanol–water partition coefficient (Wildman–Crippen LogP) is 2.15. The number of nitrogens with one attached hydrogen (secondary N) is 1. The highest BCUT2D eigenvalue weighted by molar-refractivity contribution is 6.33. The summed E-state index contributed by atoms with van der Waals surface area (Å²) in [5.74, 6) is 0. The first-order valence-electron chi connectivity index (χ1n) is 4.59. The Bertz CT molecular complexity index is 330. The van der Waals surface area contributed by atoms with Crippen molar-refractivity contribution in [3.63, 3.8) is 0 Å². The molecule has 1 N–H and O–H groups in total.